The van der Waals surface area contributed by atoms with Crippen LogP contribution in [0.3, 0.4) is 0 Å². The van der Waals surface area contributed by atoms with E-state index in [0.717, 1.165) is 0 Å². The Bertz CT molecular complexity index is 434. The van der Waals surface area contributed by atoms with E-state index in [0.29, 0.717) is 26.4 Å². The van der Waals surface area contributed by atoms with Crippen molar-refractivity contribution in [3.05, 3.63) is 50.6 Å². The fourth-order valence-electron chi connectivity index (χ4n) is 0.469. The molecule has 144 valence electrons. The monoisotopic (exact) mass is 414 g/mol. The molecule has 0 heterocycles. The normalized spacial score (nSPS) is 9.12. The first-order valence-corrected chi connectivity index (χ1v) is 8.56. The van der Waals surface area contributed by atoms with Crippen molar-refractivity contribution >= 4 is 20.8 Å². The Kier molecular flexibility index (Phi) is 36.9. The molecule has 0 aromatic carbocycles. The second kappa shape index (κ2) is 25.9. The summed E-state index contributed by atoms with van der Waals surface area (Å²) in [4.78, 5) is 0. The van der Waals surface area contributed by atoms with Crippen molar-refractivity contribution in [2.24, 2.45) is 0 Å². The van der Waals surface area contributed by atoms with Crippen LogP contribution in [0.1, 0.15) is 0 Å². The van der Waals surface area contributed by atoms with Crippen LogP contribution < -0.4 is 29.6 Å². The molecule has 0 rings (SSSR count). The van der Waals surface area contributed by atoms with E-state index in [1.54, 1.807) is 24.3 Å². The summed E-state index contributed by atoms with van der Waals surface area (Å²) in [5.74, 6) is 0. The van der Waals surface area contributed by atoms with Crippen LogP contribution in [-0.2, 0) is 30.3 Å². The van der Waals surface area contributed by atoms with Gasteiger partial charge in [0.05, 0.1) is 26.4 Å². The van der Waals surface area contributed by atoms with E-state index in [4.69, 9.17) is 44.5 Å². The van der Waals surface area contributed by atoms with Gasteiger partial charge in [-0.3, -0.25) is 13.7 Å². The first-order chi connectivity index (χ1) is 10.8. The molecular weight excluding hydrogens is 391 g/mol. The summed E-state index contributed by atoms with van der Waals surface area (Å²) in [5.41, 5.74) is 0. The molecule has 3 N–H and O–H groups in total. The minimum absolute atomic E-state index is 0. The van der Waals surface area contributed by atoms with Crippen molar-refractivity contribution in [2.45, 2.75) is 0 Å². The quantitative estimate of drug-likeness (QED) is 0.134. The van der Waals surface area contributed by atoms with E-state index in [9.17, 15) is 0 Å². The molecule has 0 aromatic rings. The van der Waals surface area contributed by atoms with Gasteiger partial charge in [-0.2, -0.15) is 8.42 Å². The molecule has 0 unspecified atom stereocenters. The van der Waals surface area contributed by atoms with Gasteiger partial charge in [0.15, 0.2) is 0 Å². The van der Waals surface area contributed by atoms with Crippen LogP contribution in [0.25, 0.3) is 0 Å². The van der Waals surface area contributed by atoms with Gasteiger partial charge in [-0.1, -0.05) is 24.3 Å². The molecule has 0 saturated carbocycles. The Balaban J connectivity index is -0.0000000711. The molecule has 0 amide bonds. The number of ether oxygens (including phenoxy) is 2. The van der Waals surface area contributed by atoms with Crippen molar-refractivity contribution in [3.8, 4) is 0 Å². The Labute approximate surface area is 171 Å². The molecule has 13 heteroatoms. The molecular formula is C12H23NaO10S2. The SMILES string of the molecule is C=CCOCC=C.C=CCOCC=C.O=S(=O)(O)O.O=S(=O)([O-])O.[Na+]. The average Bonchev–Trinajstić information content (AvgIpc) is 2.37. The molecule has 0 fully saturated rings. The van der Waals surface area contributed by atoms with Crippen molar-refractivity contribution in [2.75, 3.05) is 26.4 Å². The third-order valence-electron chi connectivity index (χ3n) is 0.943. The predicted octanol–water partition coefficient (Wildman–Crippen LogP) is -1.89. The van der Waals surface area contributed by atoms with Crippen LogP contribution in [0.2, 0.25) is 0 Å². The first kappa shape index (κ1) is 35.7. The summed E-state index contributed by atoms with van der Waals surface area (Å²) in [7, 11) is -9.58. The zero-order chi connectivity index (χ0) is 20.1. The van der Waals surface area contributed by atoms with E-state index >= 15 is 0 Å². The largest absolute Gasteiger partial charge is 1.00 e. The molecule has 0 radical (unpaired) electrons. The summed E-state index contributed by atoms with van der Waals surface area (Å²) in [6, 6.07) is 0. The predicted molar refractivity (Wildman–Crippen MR) is 88.9 cm³/mol. The Morgan fingerprint density at radius 1 is 0.720 bits per heavy atom. The maximum Gasteiger partial charge on any atom is 1.00 e. The second-order valence-electron chi connectivity index (χ2n) is 3.11. The Morgan fingerprint density at radius 2 is 0.840 bits per heavy atom. The summed E-state index contributed by atoms with van der Waals surface area (Å²) in [6.07, 6.45) is 6.85. The number of hydrogen-bond donors (Lipinski definition) is 3. The minimum atomic E-state index is -4.92. The standard InChI is InChI=1S/2C6H10O.Na.2H2O4S/c2*1-3-5-7-6-4-2;;2*1-5(2,3)4/h2*3-4H,1-2,5-6H2;;2*(H2,1,2,3,4)/q;;+1;;/p-1. The molecule has 0 spiro atoms. The van der Waals surface area contributed by atoms with Gasteiger partial charge in [0.2, 0.25) is 10.4 Å². The molecule has 0 aliphatic rings. The summed E-state index contributed by atoms with van der Waals surface area (Å²) < 4.78 is 74.2. The fraction of sp³-hybridized carbons (Fsp3) is 0.333. The van der Waals surface area contributed by atoms with E-state index < -0.39 is 20.8 Å². The summed E-state index contributed by atoms with van der Waals surface area (Å²) in [6.45, 7) is 16.4. The van der Waals surface area contributed by atoms with E-state index in [1.807, 2.05) is 0 Å². The average molecular weight is 414 g/mol. The molecule has 0 saturated heterocycles. The van der Waals surface area contributed by atoms with E-state index in [-0.39, 0.29) is 29.6 Å². The molecule has 0 aliphatic heterocycles. The summed E-state index contributed by atoms with van der Waals surface area (Å²) in [5, 5.41) is 0. The molecule has 0 aliphatic carbocycles. The van der Waals surface area contributed by atoms with Crippen molar-refractivity contribution in [1.82, 2.24) is 0 Å². The van der Waals surface area contributed by atoms with Crippen LogP contribution in [0.4, 0.5) is 0 Å². The third kappa shape index (κ3) is 190. The van der Waals surface area contributed by atoms with Gasteiger partial charge in [0.25, 0.3) is 0 Å². The van der Waals surface area contributed by atoms with Crippen LogP contribution in [0.15, 0.2) is 50.6 Å². The van der Waals surface area contributed by atoms with Crippen molar-refractivity contribution in [3.63, 3.8) is 0 Å². The van der Waals surface area contributed by atoms with E-state index in [2.05, 4.69) is 26.3 Å². The zero-order valence-corrected chi connectivity index (χ0v) is 17.6. The van der Waals surface area contributed by atoms with Crippen molar-refractivity contribution in [1.29, 1.82) is 0 Å². The maximum atomic E-state index is 8.74. The molecule has 0 bridgehead atoms. The summed E-state index contributed by atoms with van der Waals surface area (Å²) >= 11 is 0. The van der Waals surface area contributed by atoms with Gasteiger partial charge in [0.1, 0.15) is 0 Å². The van der Waals surface area contributed by atoms with Gasteiger partial charge in [0, 0.05) is 0 Å². The number of hydrogen-bond acceptors (Lipinski definition) is 7. The van der Waals surface area contributed by atoms with Crippen LogP contribution in [0.5, 0.6) is 0 Å². The van der Waals surface area contributed by atoms with Gasteiger partial charge in [-0.05, 0) is 0 Å². The topological polar surface area (TPSA) is 170 Å². The molecule has 0 atom stereocenters. The Hall–Kier alpha value is -0.380. The first-order valence-electron chi connectivity index (χ1n) is 5.80. The smallest absolute Gasteiger partial charge is 0.726 e. The van der Waals surface area contributed by atoms with Crippen LogP contribution in [-0.4, -0.2) is 61.5 Å². The van der Waals surface area contributed by atoms with Gasteiger partial charge < -0.3 is 14.0 Å². The van der Waals surface area contributed by atoms with Crippen molar-refractivity contribution < 1.29 is 74.1 Å². The van der Waals surface area contributed by atoms with E-state index in [1.165, 1.54) is 0 Å². The minimum Gasteiger partial charge on any atom is -0.726 e. The zero-order valence-electron chi connectivity index (χ0n) is 14.0. The van der Waals surface area contributed by atoms with Crippen LogP contribution in [0, 0.1) is 0 Å². The Morgan fingerprint density at radius 3 is 0.920 bits per heavy atom. The maximum absolute atomic E-state index is 8.74. The van der Waals surface area contributed by atoms with Gasteiger partial charge in [-0.15, -0.1) is 26.3 Å². The van der Waals surface area contributed by atoms with Crippen LogP contribution >= 0.6 is 0 Å². The fourth-order valence-corrected chi connectivity index (χ4v) is 0.469. The third-order valence-corrected chi connectivity index (χ3v) is 0.943. The van der Waals surface area contributed by atoms with Gasteiger partial charge in [-0.25, -0.2) is 8.42 Å². The second-order valence-corrected chi connectivity index (χ2v) is 4.86. The molecule has 0 aromatic heterocycles. The molecule has 10 nitrogen and oxygen atoms in total. The molecule has 25 heavy (non-hydrogen) atoms. The van der Waals surface area contributed by atoms with Gasteiger partial charge >= 0.3 is 40.0 Å². The number of rotatable bonds is 8.